The topological polar surface area (TPSA) is 96.9 Å². The fourth-order valence-corrected chi connectivity index (χ4v) is 1.90. The third-order valence-corrected chi connectivity index (χ3v) is 2.80. The summed E-state index contributed by atoms with van der Waals surface area (Å²) in [5, 5.41) is 7.21. The molecule has 0 aliphatic rings. The van der Waals surface area contributed by atoms with Crippen molar-refractivity contribution in [2.75, 3.05) is 11.1 Å². The Hall–Kier alpha value is -2.76. The maximum atomic E-state index is 12.0. The number of aryl methyl sites for hydroxylation is 1. The second-order valence-corrected chi connectivity index (χ2v) is 4.28. The van der Waals surface area contributed by atoms with Crippen molar-refractivity contribution in [3.63, 3.8) is 0 Å². The number of amides is 1. The summed E-state index contributed by atoms with van der Waals surface area (Å²) in [5.74, 6) is 0.0147. The first-order valence-corrected chi connectivity index (χ1v) is 5.75. The van der Waals surface area contributed by atoms with E-state index in [9.17, 15) is 4.79 Å². The molecule has 6 nitrogen and oxygen atoms in total. The first-order chi connectivity index (χ1) is 9.13. The predicted octanol–water partition coefficient (Wildman–Crippen LogP) is 2.30. The minimum atomic E-state index is -0.299. The van der Waals surface area contributed by atoms with Gasteiger partial charge in [-0.15, -0.1) is 0 Å². The van der Waals surface area contributed by atoms with Gasteiger partial charge >= 0.3 is 0 Å². The first-order valence-electron chi connectivity index (χ1n) is 5.75. The molecule has 0 aliphatic carbocycles. The van der Waals surface area contributed by atoms with Crippen LogP contribution in [0.5, 0.6) is 0 Å². The highest BCUT2D eigenvalue weighted by atomic mass is 16.5. The summed E-state index contributed by atoms with van der Waals surface area (Å²) < 4.78 is 4.93. The van der Waals surface area contributed by atoms with Crippen LogP contribution in [0.2, 0.25) is 0 Å². The Bertz CT molecular complexity index is 757. The van der Waals surface area contributed by atoms with E-state index in [-0.39, 0.29) is 5.91 Å². The van der Waals surface area contributed by atoms with Crippen LogP contribution in [0.15, 0.2) is 34.9 Å². The minimum Gasteiger partial charge on any atom is -0.397 e. The lowest BCUT2D eigenvalue weighted by molar-refractivity contribution is 0.102. The number of fused-ring (bicyclic) bond motifs is 1. The van der Waals surface area contributed by atoms with Crippen molar-refractivity contribution < 1.29 is 9.32 Å². The van der Waals surface area contributed by atoms with E-state index in [4.69, 9.17) is 10.3 Å². The van der Waals surface area contributed by atoms with Crippen molar-refractivity contribution in [1.82, 2.24) is 10.1 Å². The largest absolute Gasteiger partial charge is 0.397 e. The molecule has 3 aromatic rings. The van der Waals surface area contributed by atoms with Gasteiger partial charge in [-0.05, 0) is 19.1 Å². The summed E-state index contributed by atoms with van der Waals surface area (Å²) >= 11 is 0. The smallest absolute Gasteiger partial charge is 0.274 e. The Morgan fingerprint density at radius 1 is 1.42 bits per heavy atom. The predicted molar refractivity (Wildman–Crippen MR) is 71.9 cm³/mol. The number of nitrogen functional groups attached to an aromatic ring is 1. The van der Waals surface area contributed by atoms with Gasteiger partial charge in [0.05, 0.1) is 16.9 Å². The lowest BCUT2D eigenvalue weighted by Gasteiger charge is -1.97. The normalized spacial score (nSPS) is 10.8. The molecule has 2 heterocycles. The summed E-state index contributed by atoms with van der Waals surface area (Å²) in [6.07, 6.45) is 0. The van der Waals surface area contributed by atoms with Crippen LogP contribution in [-0.4, -0.2) is 16.0 Å². The van der Waals surface area contributed by atoms with E-state index in [1.807, 2.05) is 12.1 Å². The molecule has 3 rings (SSSR count). The van der Waals surface area contributed by atoms with Crippen LogP contribution in [0, 0.1) is 6.92 Å². The fraction of sp³-hybridized carbons (Fsp3) is 0.0769. The van der Waals surface area contributed by atoms with E-state index in [0.29, 0.717) is 23.0 Å². The summed E-state index contributed by atoms with van der Waals surface area (Å²) in [5.41, 5.74) is 8.31. The number of hydrogen-bond acceptors (Lipinski definition) is 4. The Labute approximate surface area is 108 Å². The lowest BCUT2D eigenvalue weighted by Crippen LogP contribution is -2.11. The highest BCUT2D eigenvalue weighted by Gasteiger charge is 2.12. The molecule has 0 aliphatic heterocycles. The quantitative estimate of drug-likeness (QED) is 0.613. The number of para-hydroxylation sites is 1. The number of carbonyl (C=O) groups excluding carboxylic acids is 1. The van der Waals surface area contributed by atoms with Crippen LogP contribution in [-0.2, 0) is 0 Å². The Morgan fingerprint density at radius 3 is 2.95 bits per heavy atom. The number of hydrogen-bond donors (Lipinski definition) is 3. The number of aromatic amines is 1. The summed E-state index contributed by atoms with van der Waals surface area (Å²) in [7, 11) is 0. The maximum absolute atomic E-state index is 12.0. The number of anilines is 2. The number of nitrogens with zero attached hydrogens (tertiary/aromatic N) is 1. The number of rotatable bonds is 2. The van der Waals surface area contributed by atoms with Gasteiger partial charge in [0, 0.05) is 11.5 Å². The molecular formula is C13H12N4O2. The molecule has 0 saturated heterocycles. The third kappa shape index (κ3) is 2.03. The van der Waals surface area contributed by atoms with Gasteiger partial charge in [0.15, 0.2) is 0 Å². The monoisotopic (exact) mass is 256 g/mol. The number of carbonyl (C=O) groups is 1. The van der Waals surface area contributed by atoms with Gasteiger partial charge in [-0.3, -0.25) is 10.1 Å². The van der Waals surface area contributed by atoms with Gasteiger partial charge in [0.25, 0.3) is 5.91 Å². The zero-order valence-electron chi connectivity index (χ0n) is 10.2. The Balaban J connectivity index is 1.91. The number of aromatic nitrogens is 2. The van der Waals surface area contributed by atoms with E-state index < -0.39 is 0 Å². The van der Waals surface area contributed by atoms with E-state index in [1.165, 1.54) is 0 Å². The zero-order valence-corrected chi connectivity index (χ0v) is 10.2. The average molecular weight is 256 g/mol. The Morgan fingerprint density at radius 2 is 2.26 bits per heavy atom. The lowest BCUT2D eigenvalue weighted by atomic mass is 10.2. The molecule has 0 spiro atoms. The zero-order chi connectivity index (χ0) is 13.4. The van der Waals surface area contributed by atoms with E-state index in [0.717, 1.165) is 10.9 Å². The average Bonchev–Trinajstić information content (AvgIpc) is 2.96. The molecule has 4 N–H and O–H groups in total. The highest BCUT2D eigenvalue weighted by molar-refractivity contribution is 6.06. The van der Waals surface area contributed by atoms with Crippen LogP contribution in [0.25, 0.3) is 10.9 Å². The second kappa shape index (κ2) is 4.16. The van der Waals surface area contributed by atoms with Gasteiger partial charge in [-0.25, -0.2) is 0 Å². The van der Waals surface area contributed by atoms with Crippen molar-refractivity contribution in [3.05, 3.63) is 41.7 Å². The van der Waals surface area contributed by atoms with Gasteiger partial charge in [0.1, 0.15) is 5.69 Å². The number of H-pyrrole nitrogens is 1. The fourth-order valence-electron chi connectivity index (χ4n) is 1.90. The SMILES string of the molecule is Cc1cc(NC(=O)c2cc3cccc(N)c3[nH]2)on1. The van der Waals surface area contributed by atoms with Gasteiger partial charge < -0.3 is 15.2 Å². The van der Waals surface area contributed by atoms with Gasteiger partial charge in [-0.2, -0.15) is 0 Å². The van der Waals surface area contributed by atoms with Crippen LogP contribution in [0.3, 0.4) is 0 Å². The van der Waals surface area contributed by atoms with Crippen molar-refractivity contribution in [2.24, 2.45) is 0 Å². The summed E-state index contributed by atoms with van der Waals surface area (Å²) in [6, 6.07) is 8.89. The summed E-state index contributed by atoms with van der Waals surface area (Å²) in [6.45, 7) is 1.78. The molecule has 1 aromatic carbocycles. The van der Waals surface area contributed by atoms with E-state index >= 15 is 0 Å². The van der Waals surface area contributed by atoms with Crippen LogP contribution in [0.4, 0.5) is 11.6 Å². The van der Waals surface area contributed by atoms with Crippen LogP contribution in [0.1, 0.15) is 16.2 Å². The minimum absolute atomic E-state index is 0.299. The third-order valence-electron chi connectivity index (χ3n) is 2.80. The standard InChI is InChI=1S/C13H12N4O2/c1-7-5-11(19-17-7)16-13(18)10-6-8-3-2-4-9(14)12(8)15-10/h2-6,15H,14H2,1H3,(H,16,18). The molecule has 19 heavy (non-hydrogen) atoms. The number of benzene rings is 1. The Kier molecular flexibility index (Phi) is 2.49. The molecule has 6 heteroatoms. The van der Waals surface area contributed by atoms with Gasteiger partial charge in [-0.1, -0.05) is 17.3 Å². The molecular weight excluding hydrogens is 244 g/mol. The molecule has 2 aromatic heterocycles. The van der Waals surface area contributed by atoms with E-state index in [1.54, 1.807) is 25.1 Å². The molecule has 96 valence electrons. The number of nitrogens with two attached hydrogens (primary N) is 1. The maximum Gasteiger partial charge on any atom is 0.274 e. The second-order valence-electron chi connectivity index (χ2n) is 4.28. The van der Waals surface area contributed by atoms with Crippen molar-refractivity contribution in [1.29, 1.82) is 0 Å². The van der Waals surface area contributed by atoms with Crippen LogP contribution >= 0.6 is 0 Å². The van der Waals surface area contributed by atoms with Crippen molar-refractivity contribution in [2.45, 2.75) is 6.92 Å². The highest BCUT2D eigenvalue weighted by Crippen LogP contribution is 2.21. The first kappa shape index (κ1) is 11.3. The molecule has 0 saturated carbocycles. The molecule has 0 atom stereocenters. The van der Waals surface area contributed by atoms with E-state index in [2.05, 4.69) is 15.5 Å². The van der Waals surface area contributed by atoms with Crippen LogP contribution < -0.4 is 11.1 Å². The molecule has 1 amide bonds. The molecule has 0 unspecified atom stereocenters. The van der Waals surface area contributed by atoms with Crippen molar-refractivity contribution >= 4 is 28.4 Å². The molecule has 0 bridgehead atoms. The number of nitrogens with one attached hydrogen (secondary N) is 2. The molecule has 0 fully saturated rings. The summed E-state index contributed by atoms with van der Waals surface area (Å²) in [4.78, 5) is 15.0. The van der Waals surface area contributed by atoms with Crippen molar-refractivity contribution in [3.8, 4) is 0 Å². The van der Waals surface area contributed by atoms with Gasteiger partial charge in [0.2, 0.25) is 5.88 Å². The molecule has 0 radical (unpaired) electrons.